The molecule has 0 atom stereocenters. The van der Waals surface area contributed by atoms with Crippen LogP contribution in [0.5, 0.6) is 0 Å². The number of nitrogens with one attached hydrogen (secondary N) is 2. The molecule has 0 aliphatic heterocycles. The molecule has 1 rings (SSSR count). The standard InChI is InChI=1S/C11H16N4/c1-9(13-2)15-14-8-11-5-3-10(7-12)4-6-11/h3-6,8,13,15H,1,7,12H2,2H3/b14-8+. The molecule has 4 N–H and O–H groups in total. The van der Waals surface area contributed by atoms with Gasteiger partial charge in [0.1, 0.15) is 5.82 Å². The van der Waals surface area contributed by atoms with Crippen LogP contribution >= 0.6 is 0 Å². The normalized spacial score (nSPS) is 10.3. The predicted octanol–water partition coefficient (Wildman–Crippen LogP) is 0.759. The summed E-state index contributed by atoms with van der Waals surface area (Å²) in [5.41, 5.74) is 10.4. The van der Waals surface area contributed by atoms with Gasteiger partial charge >= 0.3 is 0 Å². The molecule has 0 radical (unpaired) electrons. The van der Waals surface area contributed by atoms with Crippen molar-refractivity contribution >= 4 is 6.21 Å². The molecule has 0 saturated heterocycles. The van der Waals surface area contributed by atoms with Crippen molar-refractivity contribution in [2.45, 2.75) is 6.54 Å². The summed E-state index contributed by atoms with van der Waals surface area (Å²) >= 11 is 0. The van der Waals surface area contributed by atoms with Gasteiger partial charge in [0.2, 0.25) is 0 Å². The van der Waals surface area contributed by atoms with Gasteiger partial charge in [0, 0.05) is 13.6 Å². The quantitative estimate of drug-likeness (QED) is 0.490. The van der Waals surface area contributed by atoms with Gasteiger partial charge in [0.05, 0.1) is 6.21 Å². The van der Waals surface area contributed by atoms with Crippen LogP contribution in [-0.4, -0.2) is 13.3 Å². The van der Waals surface area contributed by atoms with Crippen molar-refractivity contribution in [2.24, 2.45) is 10.8 Å². The third kappa shape index (κ3) is 3.83. The lowest BCUT2D eigenvalue weighted by Crippen LogP contribution is -2.17. The lowest BCUT2D eigenvalue weighted by Gasteiger charge is -2.01. The van der Waals surface area contributed by atoms with Gasteiger partial charge in [-0.3, -0.25) is 5.43 Å². The molecule has 0 spiro atoms. The summed E-state index contributed by atoms with van der Waals surface area (Å²) in [5.74, 6) is 0.657. The summed E-state index contributed by atoms with van der Waals surface area (Å²) in [7, 11) is 1.78. The van der Waals surface area contributed by atoms with E-state index in [9.17, 15) is 0 Å². The highest BCUT2D eigenvalue weighted by Crippen LogP contribution is 2.00. The Morgan fingerprint density at radius 1 is 1.47 bits per heavy atom. The van der Waals surface area contributed by atoms with Crippen molar-refractivity contribution in [1.29, 1.82) is 0 Å². The van der Waals surface area contributed by atoms with Gasteiger partial charge in [-0.2, -0.15) is 5.10 Å². The molecule has 4 nitrogen and oxygen atoms in total. The van der Waals surface area contributed by atoms with Crippen LogP contribution in [0.1, 0.15) is 11.1 Å². The second-order valence-electron chi connectivity index (χ2n) is 3.04. The van der Waals surface area contributed by atoms with E-state index in [2.05, 4.69) is 22.4 Å². The summed E-state index contributed by atoms with van der Waals surface area (Å²) in [4.78, 5) is 0. The van der Waals surface area contributed by atoms with Gasteiger partial charge in [-0.15, -0.1) is 0 Å². The van der Waals surface area contributed by atoms with Crippen LogP contribution in [0.15, 0.2) is 41.8 Å². The lowest BCUT2D eigenvalue weighted by atomic mass is 10.1. The average Bonchev–Trinajstić information content (AvgIpc) is 2.29. The largest absolute Gasteiger partial charge is 0.374 e. The maximum Gasteiger partial charge on any atom is 0.112 e. The van der Waals surface area contributed by atoms with Gasteiger partial charge in [-0.05, 0) is 11.1 Å². The maximum absolute atomic E-state index is 5.49. The fraction of sp³-hybridized carbons (Fsp3) is 0.182. The highest BCUT2D eigenvalue weighted by molar-refractivity contribution is 5.79. The van der Waals surface area contributed by atoms with Crippen LogP contribution in [0.3, 0.4) is 0 Å². The van der Waals surface area contributed by atoms with Crippen molar-refractivity contribution in [3.63, 3.8) is 0 Å². The van der Waals surface area contributed by atoms with E-state index in [1.807, 2.05) is 24.3 Å². The number of nitrogens with two attached hydrogens (primary N) is 1. The van der Waals surface area contributed by atoms with E-state index in [4.69, 9.17) is 5.73 Å². The average molecular weight is 204 g/mol. The molecule has 0 fully saturated rings. The van der Waals surface area contributed by atoms with Crippen molar-refractivity contribution in [2.75, 3.05) is 7.05 Å². The first-order valence-electron chi connectivity index (χ1n) is 4.71. The molecule has 15 heavy (non-hydrogen) atoms. The molecule has 1 aromatic carbocycles. The number of hydrogen-bond acceptors (Lipinski definition) is 4. The van der Waals surface area contributed by atoms with Crippen molar-refractivity contribution in [1.82, 2.24) is 10.7 Å². The Hall–Kier alpha value is -1.81. The van der Waals surface area contributed by atoms with Crippen LogP contribution in [-0.2, 0) is 6.54 Å². The molecule has 80 valence electrons. The van der Waals surface area contributed by atoms with Crippen LogP contribution < -0.4 is 16.5 Å². The Labute approximate surface area is 89.9 Å². The zero-order valence-electron chi connectivity index (χ0n) is 8.83. The first kappa shape index (κ1) is 11.3. The zero-order chi connectivity index (χ0) is 11.1. The molecule has 4 heteroatoms. The first-order valence-corrected chi connectivity index (χ1v) is 4.71. The zero-order valence-corrected chi connectivity index (χ0v) is 8.83. The topological polar surface area (TPSA) is 62.4 Å². The molecule has 0 amide bonds. The third-order valence-corrected chi connectivity index (χ3v) is 1.93. The molecule has 0 aliphatic rings. The molecular weight excluding hydrogens is 188 g/mol. The predicted molar refractivity (Wildman–Crippen MR) is 63.3 cm³/mol. The fourth-order valence-electron chi connectivity index (χ4n) is 0.980. The molecule has 0 saturated carbocycles. The minimum absolute atomic E-state index is 0.562. The number of rotatable bonds is 5. The number of benzene rings is 1. The van der Waals surface area contributed by atoms with E-state index >= 15 is 0 Å². The minimum Gasteiger partial charge on any atom is -0.374 e. The molecule has 0 unspecified atom stereocenters. The molecule has 1 aromatic rings. The first-order chi connectivity index (χ1) is 7.26. The van der Waals surface area contributed by atoms with Crippen LogP contribution in [0.2, 0.25) is 0 Å². The van der Waals surface area contributed by atoms with Crippen molar-refractivity contribution in [3.8, 4) is 0 Å². The molecule has 0 heterocycles. The Bertz CT molecular complexity index is 340. The van der Waals surface area contributed by atoms with E-state index < -0.39 is 0 Å². The summed E-state index contributed by atoms with van der Waals surface area (Å²) < 4.78 is 0. The summed E-state index contributed by atoms with van der Waals surface area (Å²) in [6, 6.07) is 7.90. The van der Waals surface area contributed by atoms with E-state index in [0.717, 1.165) is 11.1 Å². The van der Waals surface area contributed by atoms with Gasteiger partial charge in [-0.1, -0.05) is 30.8 Å². The summed E-state index contributed by atoms with van der Waals surface area (Å²) in [6.45, 7) is 4.24. The number of hydrazone groups is 1. The Balaban J connectivity index is 2.53. The summed E-state index contributed by atoms with van der Waals surface area (Å²) in [6.07, 6.45) is 1.73. The van der Waals surface area contributed by atoms with Crippen LogP contribution in [0.4, 0.5) is 0 Å². The van der Waals surface area contributed by atoms with Gasteiger partial charge < -0.3 is 11.1 Å². The highest BCUT2D eigenvalue weighted by Gasteiger charge is 1.89. The van der Waals surface area contributed by atoms with E-state index in [1.54, 1.807) is 13.3 Å². The SMILES string of the molecule is C=C(NC)N/N=C/c1ccc(CN)cc1. The summed E-state index contributed by atoms with van der Waals surface area (Å²) in [5, 5.41) is 6.83. The molecule has 0 aliphatic carbocycles. The monoisotopic (exact) mass is 204 g/mol. The highest BCUT2D eigenvalue weighted by atomic mass is 15.3. The minimum atomic E-state index is 0.562. The molecule has 0 bridgehead atoms. The van der Waals surface area contributed by atoms with E-state index in [0.29, 0.717) is 12.4 Å². The van der Waals surface area contributed by atoms with Gasteiger partial charge in [-0.25, -0.2) is 0 Å². The lowest BCUT2D eigenvalue weighted by molar-refractivity contribution is 0.791. The maximum atomic E-state index is 5.49. The van der Waals surface area contributed by atoms with E-state index in [-0.39, 0.29) is 0 Å². The second-order valence-corrected chi connectivity index (χ2v) is 3.04. The third-order valence-electron chi connectivity index (χ3n) is 1.93. The second kappa shape index (κ2) is 5.82. The van der Waals surface area contributed by atoms with Crippen molar-refractivity contribution < 1.29 is 0 Å². The Morgan fingerprint density at radius 3 is 2.67 bits per heavy atom. The Kier molecular flexibility index (Phi) is 4.37. The number of nitrogens with zero attached hydrogens (tertiary/aromatic N) is 1. The number of hydrogen-bond donors (Lipinski definition) is 3. The van der Waals surface area contributed by atoms with E-state index in [1.165, 1.54) is 0 Å². The van der Waals surface area contributed by atoms with Crippen molar-refractivity contribution in [3.05, 3.63) is 47.8 Å². The van der Waals surface area contributed by atoms with Crippen LogP contribution in [0, 0.1) is 0 Å². The fourth-order valence-corrected chi connectivity index (χ4v) is 0.980. The smallest absolute Gasteiger partial charge is 0.112 e. The molecular formula is C11H16N4. The van der Waals surface area contributed by atoms with Gasteiger partial charge in [0.25, 0.3) is 0 Å². The Morgan fingerprint density at radius 2 is 2.13 bits per heavy atom. The molecule has 0 aromatic heterocycles. The van der Waals surface area contributed by atoms with Gasteiger partial charge in [0.15, 0.2) is 0 Å². The van der Waals surface area contributed by atoms with Crippen LogP contribution in [0.25, 0.3) is 0 Å².